The Hall–Kier alpha value is -3.04. The number of hydrogen-bond acceptors (Lipinski definition) is 6. The summed E-state index contributed by atoms with van der Waals surface area (Å²) in [6, 6.07) is 1.47. The number of aromatic nitrogens is 3. The molecule has 3 N–H and O–H groups in total. The molecule has 1 unspecified atom stereocenters. The fourth-order valence-corrected chi connectivity index (χ4v) is 4.73. The highest BCUT2D eigenvalue weighted by Gasteiger charge is 2.41. The molecule has 3 aliphatic rings. The molecule has 158 valence electrons. The summed E-state index contributed by atoms with van der Waals surface area (Å²) >= 11 is 0. The lowest BCUT2D eigenvalue weighted by Gasteiger charge is -2.34. The Labute approximate surface area is 171 Å². The second-order valence-electron chi connectivity index (χ2n) is 8.09. The van der Waals surface area contributed by atoms with Gasteiger partial charge in [-0.05, 0) is 25.3 Å². The first-order valence-electron chi connectivity index (χ1n) is 10.3. The van der Waals surface area contributed by atoms with Crippen LogP contribution in [0.3, 0.4) is 0 Å². The zero-order valence-electron chi connectivity index (χ0n) is 16.4. The number of rotatable bonds is 0. The Balaban J connectivity index is 1.62. The highest BCUT2D eigenvalue weighted by atomic mass is 19.1. The summed E-state index contributed by atoms with van der Waals surface area (Å²) in [6.07, 6.45) is 4.61. The van der Waals surface area contributed by atoms with E-state index in [1.807, 2.05) is 4.90 Å². The molecule has 1 fully saturated rings. The van der Waals surface area contributed by atoms with Gasteiger partial charge in [0, 0.05) is 43.3 Å². The molecule has 3 aliphatic heterocycles. The molecule has 2 bridgehead atoms. The van der Waals surface area contributed by atoms with E-state index in [0.717, 1.165) is 18.6 Å². The van der Waals surface area contributed by atoms with Gasteiger partial charge >= 0.3 is 0 Å². The number of amides is 1. The highest BCUT2D eigenvalue weighted by molar-refractivity contribution is 6.04. The molecule has 3 atom stereocenters. The maximum absolute atomic E-state index is 14.6. The first-order valence-corrected chi connectivity index (χ1v) is 10.3. The van der Waals surface area contributed by atoms with E-state index in [1.54, 1.807) is 12.3 Å². The third-order valence-electron chi connectivity index (χ3n) is 6.13. The summed E-state index contributed by atoms with van der Waals surface area (Å²) in [5, 5.41) is 7.04. The molecule has 5 rings (SSSR count). The van der Waals surface area contributed by atoms with Crippen LogP contribution in [0.1, 0.15) is 42.5 Å². The van der Waals surface area contributed by atoms with Gasteiger partial charge in [-0.15, -0.1) is 5.10 Å². The van der Waals surface area contributed by atoms with E-state index in [0.29, 0.717) is 30.9 Å². The smallest absolute Gasteiger partial charge is 0.258 e. The fourth-order valence-electron chi connectivity index (χ4n) is 4.73. The van der Waals surface area contributed by atoms with E-state index < -0.39 is 6.17 Å². The van der Waals surface area contributed by atoms with E-state index in [2.05, 4.69) is 20.4 Å². The van der Waals surface area contributed by atoms with E-state index in [-0.39, 0.29) is 48.0 Å². The van der Waals surface area contributed by atoms with Crippen LogP contribution in [-0.2, 0) is 0 Å². The average molecular weight is 415 g/mol. The number of carbonyl (C=O) groups is 1. The number of aliphatic imine (C=N–C) groups is 1. The number of nitrogens with two attached hydrogens (primary N) is 1. The minimum atomic E-state index is -1.04. The molecule has 2 aromatic heterocycles. The lowest BCUT2D eigenvalue weighted by molar-refractivity contribution is 0.0955. The summed E-state index contributed by atoms with van der Waals surface area (Å²) in [7, 11) is 0. The first-order chi connectivity index (χ1) is 14.5. The number of hydrogen-bond donors (Lipinski definition) is 2. The molecular formula is C20H23F2N7O. The van der Waals surface area contributed by atoms with Gasteiger partial charge in [-0.3, -0.25) is 9.79 Å². The number of alkyl halides is 1. The van der Waals surface area contributed by atoms with Crippen molar-refractivity contribution < 1.29 is 13.6 Å². The van der Waals surface area contributed by atoms with E-state index in [9.17, 15) is 13.6 Å². The molecule has 30 heavy (non-hydrogen) atoms. The van der Waals surface area contributed by atoms with Crippen LogP contribution < -0.4 is 16.0 Å². The van der Waals surface area contributed by atoms with E-state index in [1.165, 1.54) is 10.7 Å². The molecular weight excluding hydrogens is 392 g/mol. The van der Waals surface area contributed by atoms with Crippen LogP contribution in [-0.4, -0.2) is 51.5 Å². The van der Waals surface area contributed by atoms with Crippen LogP contribution in [0.25, 0.3) is 5.65 Å². The van der Waals surface area contributed by atoms with Gasteiger partial charge in [-0.1, -0.05) is 0 Å². The van der Waals surface area contributed by atoms with Crippen molar-refractivity contribution >= 4 is 28.9 Å². The summed E-state index contributed by atoms with van der Waals surface area (Å²) in [4.78, 5) is 23.6. The lowest BCUT2D eigenvalue weighted by atomic mass is 9.85. The lowest BCUT2D eigenvalue weighted by Crippen LogP contribution is -2.41. The van der Waals surface area contributed by atoms with Crippen LogP contribution in [0.5, 0.6) is 0 Å². The molecule has 5 heterocycles. The second kappa shape index (κ2) is 7.33. The minimum absolute atomic E-state index is 0.0968. The molecule has 10 heteroatoms. The van der Waals surface area contributed by atoms with Gasteiger partial charge in [0.15, 0.2) is 11.5 Å². The van der Waals surface area contributed by atoms with E-state index >= 15 is 0 Å². The highest BCUT2D eigenvalue weighted by Crippen LogP contribution is 2.37. The Morgan fingerprint density at radius 3 is 3.03 bits per heavy atom. The van der Waals surface area contributed by atoms with Gasteiger partial charge in [-0.25, -0.2) is 18.3 Å². The number of nitrogens with zero attached hydrogens (tertiary/aromatic N) is 5. The third kappa shape index (κ3) is 3.20. The zero-order chi connectivity index (χ0) is 20.8. The molecule has 1 amide bonds. The number of nitrogen functional groups attached to an aromatic ring is 1. The van der Waals surface area contributed by atoms with Crippen LogP contribution in [0, 0.1) is 5.92 Å². The van der Waals surface area contributed by atoms with Gasteiger partial charge in [-0.2, -0.15) is 0 Å². The summed E-state index contributed by atoms with van der Waals surface area (Å²) < 4.78 is 30.2. The van der Waals surface area contributed by atoms with Gasteiger partial charge < -0.3 is 16.0 Å². The van der Waals surface area contributed by atoms with Crippen molar-refractivity contribution in [3.63, 3.8) is 0 Å². The normalized spacial score (nSPS) is 27.2. The topological polar surface area (TPSA) is 101 Å². The van der Waals surface area contributed by atoms with Crippen LogP contribution >= 0.6 is 0 Å². The van der Waals surface area contributed by atoms with Crippen molar-refractivity contribution in [2.24, 2.45) is 10.9 Å². The van der Waals surface area contributed by atoms with Crippen LogP contribution in [0.2, 0.25) is 0 Å². The SMILES string of the molecule is Nc1nn2ccc3nc2c1C(=O)NCCCCC1=NC=C(F)CC1[C@H]1C[C@H](F)CN31. The van der Waals surface area contributed by atoms with Gasteiger partial charge in [0.25, 0.3) is 5.91 Å². The molecule has 0 aromatic carbocycles. The molecule has 8 nitrogen and oxygen atoms in total. The number of fused-ring (bicyclic) bond motifs is 5. The van der Waals surface area contributed by atoms with Crippen molar-refractivity contribution in [3.05, 3.63) is 29.9 Å². The monoisotopic (exact) mass is 415 g/mol. The van der Waals surface area contributed by atoms with Gasteiger partial charge in [0.05, 0.1) is 12.7 Å². The summed E-state index contributed by atoms with van der Waals surface area (Å²) in [5.74, 6) is -0.203. The standard InChI is InChI=1S/C20H23F2N7O/c21-11-7-13-14(25-9-11)3-1-2-5-24-20(30)17-18(23)27-29-6-4-16(26-19(17)29)28-10-12(22)8-15(13)28/h4,6,9,12-13,15H,1-3,5,7-8,10H2,(H2,23,27)(H,24,30)/t12-,13?,15+/m0/s1. The Morgan fingerprint density at radius 2 is 2.17 bits per heavy atom. The molecule has 2 aromatic rings. The number of allylic oxidation sites excluding steroid dienone is 1. The third-order valence-corrected chi connectivity index (χ3v) is 6.13. The predicted octanol–water partition coefficient (Wildman–Crippen LogP) is 2.41. The van der Waals surface area contributed by atoms with Crippen molar-refractivity contribution in [3.8, 4) is 0 Å². The van der Waals surface area contributed by atoms with Crippen molar-refractivity contribution in [2.45, 2.75) is 44.3 Å². The molecule has 0 spiro atoms. The maximum atomic E-state index is 14.6. The van der Waals surface area contributed by atoms with Crippen molar-refractivity contribution in [1.29, 1.82) is 0 Å². The summed E-state index contributed by atoms with van der Waals surface area (Å²) in [6.45, 7) is 0.633. The van der Waals surface area contributed by atoms with Crippen LogP contribution in [0.4, 0.5) is 20.4 Å². The maximum Gasteiger partial charge on any atom is 0.258 e. The number of anilines is 2. The Bertz CT molecular complexity index is 1060. The van der Waals surface area contributed by atoms with Crippen LogP contribution in [0.15, 0.2) is 29.3 Å². The molecule has 0 radical (unpaired) electrons. The molecule has 0 saturated carbocycles. The average Bonchev–Trinajstić information content (AvgIpc) is 3.26. The summed E-state index contributed by atoms with van der Waals surface area (Å²) in [5.41, 5.74) is 7.41. The zero-order valence-corrected chi connectivity index (χ0v) is 16.4. The molecule has 0 aliphatic carbocycles. The fraction of sp³-hybridized carbons (Fsp3) is 0.500. The quantitative estimate of drug-likeness (QED) is 0.688. The predicted molar refractivity (Wildman–Crippen MR) is 109 cm³/mol. The second-order valence-corrected chi connectivity index (χ2v) is 8.09. The number of nitrogens with one attached hydrogen (secondary N) is 1. The Morgan fingerprint density at radius 1 is 1.30 bits per heavy atom. The van der Waals surface area contributed by atoms with E-state index in [4.69, 9.17) is 5.73 Å². The first kappa shape index (κ1) is 19.0. The molecule has 1 saturated heterocycles. The van der Waals surface area contributed by atoms with Crippen molar-refractivity contribution in [2.75, 3.05) is 23.7 Å². The Kier molecular flexibility index (Phi) is 4.63. The largest absolute Gasteiger partial charge is 0.381 e. The number of carbonyl (C=O) groups excluding carboxylic acids is 1. The van der Waals surface area contributed by atoms with Gasteiger partial charge in [0.1, 0.15) is 23.4 Å². The van der Waals surface area contributed by atoms with Crippen molar-refractivity contribution in [1.82, 2.24) is 19.9 Å². The minimum Gasteiger partial charge on any atom is -0.381 e. The van der Waals surface area contributed by atoms with Gasteiger partial charge in [0.2, 0.25) is 0 Å². The number of halogens is 2.